The molecular formula is C7H11ClN2O. The van der Waals surface area contributed by atoms with E-state index in [1.165, 1.54) is 0 Å². The fourth-order valence-electron chi connectivity index (χ4n) is 1.07. The molecule has 0 aromatic rings. The minimum absolute atomic E-state index is 0.0640. The molecule has 1 rings (SSSR count). The summed E-state index contributed by atoms with van der Waals surface area (Å²) in [5, 5.41) is 3.31. The van der Waals surface area contributed by atoms with E-state index < -0.39 is 0 Å². The summed E-state index contributed by atoms with van der Waals surface area (Å²) in [5.41, 5.74) is 0. The van der Waals surface area contributed by atoms with Gasteiger partial charge in [-0.25, -0.2) is 0 Å². The van der Waals surface area contributed by atoms with Crippen molar-refractivity contribution in [3.63, 3.8) is 0 Å². The molecule has 0 unspecified atom stereocenters. The van der Waals surface area contributed by atoms with Crippen LogP contribution in [0.2, 0.25) is 0 Å². The number of hydrogen-bond donors (Lipinski definition) is 1. The van der Waals surface area contributed by atoms with E-state index in [0.29, 0.717) is 24.7 Å². The fourth-order valence-corrected chi connectivity index (χ4v) is 1.24. The molecule has 0 radical (unpaired) electrons. The molecule has 1 saturated heterocycles. The predicted molar refractivity (Wildman–Crippen MR) is 44.4 cm³/mol. The zero-order valence-corrected chi connectivity index (χ0v) is 7.02. The third-order valence-electron chi connectivity index (χ3n) is 1.51. The number of carbonyl (C=O) groups is 1. The van der Waals surface area contributed by atoms with Crippen LogP contribution in [0.1, 0.15) is 0 Å². The minimum Gasteiger partial charge on any atom is -0.354 e. The SMILES string of the molecule is C=C(Cl)CN1CCNC(=O)C1. The molecule has 1 aliphatic rings. The summed E-state index contributed by atoms with van der Waals surface area (Å²) in [6.45, 7) is 6.18. The summed E-state index contributed by atoms with van der Waals surface area (Å²) in [5.74, 6) is 0.0640. The van der Waals surface area contributed by atoms with Crippen molar-refractivity contribution >= 4 is 17.5 Å². The van der Waals surface area contributed by atoms with Gasteiger partial charge in [0.1, 0.15) is 0 Å². The number of amides is 1. The topological polar surface area (TPSA) is 32.3 Å². The van der Waals surface area contributed by atoms with Crippen LogP contribution in [0.4, 0.5) is 0 Å². The molecule has 0 aromatic heterocycles. The van der Waals surface area contributed by atoms with E-state index in [9.17, 15) is 4.79 Å². The van der Waals surface area contributed by atoms with Crippen LogP contribution >= 0.6 is 11.6 Å². The zero-order chi connectivity index (χ0) is 8.27. The van der Waals surface area contributed by atoms with Crippen LogP contribution in [0, 0.1) is 0 Å². The van der Waals surface area contributed by atoms with Gasteiger partial charge in [0.15, 0.2) is 0 Å². The van der Waals surface area contributed by atoms with Gasteiger partial charge in [-0.2, -0.15) is 0 Å². The number of nitrogens with one attached hydrogen (secondary N) is 1. The highest BCUT2D eigenvalue weighted by Gasteiger charge is 2.15. The van der Waals surface area contributed by atoms with Gasteiger partial charge in [0.05, 0.1) is 6.54 Å². The molecule has 1 fully saturated rings. The number of hydrogen-bond acceptors (Lipinski definition) is 2. The monoisotopic (exact) mass is 174 g/mol. The van der Waals surface area contributed by atoms with Gasteiger partial charge in [-0.3, -0.25) is 9.69 Å². The molecule has 1 N–H and O–H groups in total. The molecule has 1 amide bonds. The Balaban J connectivity index is 2.34. The van der Waals surface area contributed by atoms with E-state index in [1.54, 1.807) is 0 Å². The van der Waals surface area contributed by atoms with Crippen molar-refractivity contribution < 1.29 is 4.79 Å². The fraction of sp³-hybridized carbons (Fsp3) is 0.571. The average Bonchev–Trinajstić information content (AvgIpc) is 1.85. The van der Waals surface area contributed by atoms with Crippen molar-refractivity contribution in [1.29, 1.82) is 0 Å². The summed E-state index contributed by atoms with van der Waals surface area (Å²) in [6, 6.07) is 0. The van der Waals surface area contributed by atoms with E-state index in [4.69, 9.17) is 11.6 Å². The molecule has 0 aliphatic carbocycles. The van der Waals surface area contributed by atoms with Gasteiger partial charge in [0.2, 0.25) is 5.91 Å². The highest BCUT2D eigenvalue weighted by molar-refractivity contribution is 6.29. The number of halogens is 1. The zero-order valence-electron chi connectivity index (χ0n) is 6.27. The van der Waals surface area contributed by atoms with Gasteiger partial charge in [-0.15, -0.1) is 0 Å². The van der Waals surface area contributed by atoms with Crippen LogP contribution in [-0.2, 0) is 4.79 Å². The van der Waals surface area contributed by atoms with Gasteiger partial charge in [-0.05, 0) is 0 Å². The molecular weight excluding hydrogens is 164 g/mol. The lowest BCUT2D eigenvalue weighted by Crippen LogP contribution is -2.47. The smallest absolute Gasteiger partial charge is 0.234 e. The molecule has 4 heteroatoms. The van der Waals surface area contributed by atoms with Crippen molar-refractivity contribution in [1.82, 2.24) is 10.2 Å². The maximum Gasteiger partial charge on any atom is 0.234 e. The molecule has 62 valence electrons. The summed E-state index contributed by atoms with van der Waals surface area (Å²) in [6.07, 6.45) is 0. The quantitative estimate of drug-likeness (QED) is 0.648. The van der Waals surface area contributed by atoms with E-state index >= 15 is 0 Å². The van der Waals surface area contributed by atoms with Crippen LogP contribution < -0.4 is 5.32 Å². The number of rotatable bonds is 2. The van der Waals surface area contributed by atoms with Crippen LogP contribution in [0.3, 0.4) is 0 Å². The van der Waals surface area contributed by atoms with Crippen molar-refractivity contribution in [2.45, 2.75) is 0 Å². The Morgan fingerprint density at radius 3 is 3.09 bits per heavy atom. The average molecular weight is 175 g/mol. The Morgan fingerprint density at radius 1 is 1.82 bits per heavy atom. The Morgan fingerprint density at radius 2 is 2.55 bits per heavy atom. The van der Waals surface area contributed by atoms with Gasteiger partial charge >= 0.3 is 0 Å². The van der Waals surface area contributed by atoms with Gasteiger partial charge in [0.25, 0.3) is 0 Å². The molecule has 0 aromatic carbocycles. The third kappa shape index (κ3) is 2.91. The van der Waals surface area contributed by atoms with E-state index in [1.807, 2.05) is 4.90 Å². The van der Waals surface area contributed by atoms with Crippen LogP contribution in [-0.4, -0.2) is 37.0 Å². The molecule has 0 saturated carbocycles. The minimum atomic E-state index is 0.0640. The summed E-state index contributed by atoms with van der Waals surface area (Å²) in [4.78, 5) is 12.8. The standard InChI is InChI=1S/C7H11ClN2O/c1-6(8)4-10-3-2-9-7(11)5-10/h1-5H2,(H,9,11). The second-order valence-electron chi connectivity index (χ2n) is 2.58. The first kappa shape index (κ1) is 8.56. The highest BCUT2D eigenvalue weighted by Crippen LogP contribution is 2.02. The normalized spacial score (nSPS) is 19.5. The molecule has 0 atom stereocenters. The third-order valence-corrected chi connectivity index (χ3v) is 1.63. The van der Waals surface area contributed by atoms with E-state index in [2.05, 4.69) is 11.9 Å². The molecule has 3 nitrogen and oxygen atoms in total. The Hall–Kier alpha value is -0.540. The maximum absolute atomic E-state index is 10.8. The van der Waals surface area contributed by atoms with Crippen molar-refractivity contribution in [3.8, 4) is 0 Å². The first-order valence-corrected chi connectivity index (χ1v) is 3.88. The van der Waals surface area contributed by atoms with Crippen LogP contribution in [0.25, 0.3) is 0 Å². The second-order valence-corrected chi connectivity index (χ2v) is 3.11. The lowest BCUT2D eigenvalue weighted by molar-refractivity contribution is -0.123. The summed E-state index contributed by atoms with van der Waals surface area (Å²) >= 11 is 5.59. The Bertz CT molecular complexity index is 179. The number of carbonyl (C=O) groups excluding carboxylic acids is 1. The van der Waals surface area contributed by atoms with Crippen molar-refractivity contribution in [3.05, 3.63) is 11.6 Å². The molecule has 1 heterocycles. The van der Waals surface area contributed by atoms with Crippen molar-refractivity contribution in [2.24, 2.45) is 0 Å². The van der Waals surface area contributed by atoms with Crippen molar-refractivity contribution in [2.75, 3.05) is 26.2 Å². The first-order valence-electron chi connectivity index (χ1n) is 3.51. The van der Waals surface area contributed by atoms with E-state index in [0.717, 1.165) is 6.54 Å². The van der Waals surface area contributed by atoms with Crippen LogP contribution in [0.15, 0.2) is 11.6 Å². The van der Waals surface area contributed by atoms with Gasteiger partial charge < -0.3 is 5.32 Å². The lowest BCUT2D eigenvalue weighted by atomic mass is 10.3. The predicted octanol–water partition coefficient (Wildman–Crippen LogP) is 0.171. The molecule has 0 spiro atoms. The van der Waals surface area contributed by atoms with Gasteiger partial charge in [-0.1, -0.05) is 18.2 Å². The molecule has 0 bridgehead atoms. The van der Waals surface area contributed by atoms with E-state index in [-0.39, 0.29) is 5.91 Å². The maximum atomic E-state index is 10.8. The largest absolute Gasteiger partial charge is 0.354 e. The molecule has 11 heavy (non-hydrogen) atoms. The van der Waals surface area contributed by atoms with Gasteiger partial charge in [0, 0.05) is 24.7 Å². The Kier molecular flexibility index (Phi) is 2.91. The Labute approximate surface area is 71.0 Å². The van der Waals surface area contributed by atoms with Crippen LogP contribution in [0.5, 0.6) is 0 Å². The lowest BCUT2D eigenvalue weighted by Gasteiger charge is -2.25. The number of nitrogens with zero attached hydrogens (tertiary/aromatic N) is 1. The summed E-state index contributed by atoms with van der Waals surface area (Å²) in [7, 11) is 0. The summed E-state index contributed by atoms with van der Waals surface area (Å²) < 4.78 is 0. The molecule has 1 aliphatic heterocycles. The first-order chi connectivity index (χ1) is 5.18. The number of piperazine rings is 1. The highest BCUT2D eigenvalue weighted by atomic mass is 35.5. The second kappa shape index (κ2) is 3.74.